The number of nitrogen functional groups attached to an aromatic ring is 1. The molecule has 1 aromatic carbocycles. The van der Waals surface area contributed by atoms with Gasteiger partial charge in [-0.25, -0.2) is 4.98 Å². The maximum atomic E-state index is 10.9. The number of aromatic nitrogens is 1. The van der Waals surface area contributed by atoms with E-state index in [1.165, 1.54) is 18.3 Å². The van der Waals surface area contributed by atoms with Crippen LogP contribution in [0.3, 0.4) is 0 Å². The van der Waals surface area contributed by atoms with E-state index in [1.54, 1.807) is 0 Å². The van der Waals surface area contributed by atoms with Gasteiger partial charge in [0.25, 0.3) is 0 Å². The monoisotopic (exact) mass is 323 g/mol. The van der Waals surface area contributed by atoms with E-state index in [0.717, 1.165) is 15.8 Å². The van der Waals surface area contributed by atoms with Gasteiger partial charge < -0.3 is 16.6 Å². The van der Waals surface area contributed by atoms with E-state index in [2.05, 4.69) is 4.98 Å². The number of nitrogens with zero attached hydrogens (tertiary/aromatic N) is 1. The molecule has 1 aromatic heterocycles. The minimum Gasteiger partial charge on any atom is -0.480 e. The Bertz CT molecular complexity index is 586. The maximum Gasteiger partial charge on any atom is 0.323 e. The number of halogens is 2. The summed E-state index contributed by atoms with van der Waals surface area (Å²) in [6, 6.07) is 5.54. The Labute approximate surface area is 126 Å². The Morgan fingerprint density at radius 1 is 1.47 bits per heavy atom. The zero-order valence-electron chi connectivity index (χ0n) is 10.1. The van der Waals surface area contributed by atoms with E-state index >= 15 is 0 Å². The fourth-order valence-corrected chi connectivity index (χ4v) is 2.39. The average molecular weight is 324 g/mol. The topological polar surface area (TPSA) is 102 Å². The van der Waals surface area contributed by atoms with Gasteiger partial charge in [0, 0.05) is 6.42 Å². The summed E-state index contributed by atoms with van der Waals surface area (Å²) in [6.45, 7) is 1.50. The normalized spacial score (nSPS) is 13.2. The lowest BCUT2D eigenvalue weighted by atomic mass is 9.94. The van der Waals surface area contributed by atoms with Gasteiger partial charge in [-0.3, -0.25) is 4.79 Å². The molecule has 0 aliphatic heterocycles. The lowest BCUT2D eigenvalue weighted by Gasteiger charge is -2.18. The third kappa shape index (κ3) is 3.94. The van der Waals surface area contributed by atoms with Crippen LogP contribution in [-0.2, 0) is 11.2 Å². The highest BCUT2D eigenvalue weighted by Gasteiger charge is 2.28. The molecule has 0 amide bonds. The van der Waals surface area contributed by atoms with Gasteiger partial charge in [-0.15, -0.1) is 24.8 Å². The number of aliphatic carboxylic acids is 1. The zero-order valence-corrected chi connectivity index (χ0v) is 12.6. The number of benzene rings is 1. The molecule has 0 bridgehead atoms. The molecule has 0 saturated heterocycles. The molecule has 2 aromatic rings. The minimum absolute atomic E-state index is 0. The van der Waals surface area contributed by atoms with E-state index in [4.69, 9.17) is 16.6 Å². The van der Waals surface area contributed by atoms with Crippen molar-refractivity contribution in [1.82, 2.24) is 4.98 Å². The van der Waals surface area contributed by atoms with Gasteiger partial charge in [-0.1, -0.05) is 17.4 Å². The van der Waals surface area contributed by atoms with E-state index in [1.807, 2.05) is 18.2 Å². The quantitative estimate of drug-likeness (QED) is 0.802. The van der Waals surface area contributed by atoms with Crippen LogP contribution in [0.4, 0.5) is 5.13 Å². The van der Waals surface area contributed by atoms with E-state index in [0.29, 0.717) is 5.13 Å². The van der Waals surface area contributed by atoms with Gasteiger partial charge in [0.15, 0.2) is 5.13 Å². The number of carboxylic acid groups (broad SMARTS) is 1. The molecule has 5 nitrogen and oxygen atoms in total. The first kappa shape index (κ1) is 17.9. The fraction of sp³-hybridized carbons (Fsp3) is 0.273. The summed E-state index contributed by atoms with van der Waals surface area (Å²) in [5.74, 6) is -1.01. The second-order valence-electron chi connectivity index (χ2n) is 4.25. The van der Waals surface area contributed by atoms with Crippen molar-refractivity contribution in [3.05, 3.63) is 23.8 Å². The summed E-state index contributed by atoms with van der Waals surface area (Å²) in [4.78, 5) is 15.1. The number of anilines is 1. The largest absolute Gasteiger partial charge is 0.480 e. The van der Waals surface area contributed by atoms with Crippen LogP contribution in [0.25, 0.3) is 10.2 Å². The summed E-state index contributed by atoms with van der Waals surface area (Å²) in [5.41, 5.74) is 11.7. The summed E-state index contributed by atoms with van der Waals surface area (Å²) in [7, 11) is 0. The molecule has 0 unspecified atom stereocenters. The van der Waals surface area contributed by atoms with Crippen molar-refractivity contribution < 1.29 is 9.90 Å². The summed E-state index contributed by atoms with van der Waals surface area (Å²) >= 11 is 1.38. The molecule has 5 N–H and O–H groups in total. The van der Waals surface area contributed by atoms with Crippen LogP contribution in [0.2, 0.25) is 0 Å². The number of nitrogens with two attached hydrogens (primary N) is 2. The van der Waals surface area contributed by atoms with Crippen molar-refractivity contribution in [2.24, 2.45) is 5.73 Å². The van der Waals surface area contributed by atoms with Crippen LogP contribution >= 0.6 is 36.2 Å². The highest BCUT2D eigenvalue weighted by atomic mass is 35.5. The highest BCUT2D eigenvalue weighted by Crippen LogP contribution is 2.25. The lowest BCUT2D eigenvalue weighted by molar-refractivity contribution is -0.142. The molecule has 1 atom stereocenters. The summed E-state index contributed by atoms with van der Waals surface area (Å²) in [6.07, 6.45) is 0.274. The molecule has 0 radical (unpaired) electrons. The van der Waals surface area contributed by atoms with Gasteiger partial charge >= 0.3 is 5.97 Å². The predicted molar refractivity (Wildman–Crippen MR) is 82.5 cm³/mol. The van der Waals surface area contributed by atoms with Crippen LogP contribution < -0.4 is 11.5 Å². The third-order valence-electron chi connectivity index (χ3n) is 2.53. The zero-order chi connectivity index (χ0) is 12.6. The van der Waals surface area contributed by atoms with Crippen molar-refractivity contribution in [2.75, 3.05) is 5.73 Å². The van der Waals surface area contributed by atoms with E-state index in [-0.39, 0.29) is 31.2 Å². The molecule has 0 spiro atoms. The molecule has 0 fully saturated rings. The molecule has 2 rings (SSSR count). The number of rotatable bonds is 3. The van der Waals surface area contributed by atoms with Gasteiger partial charge in [-0.05, 0) is 24.6 Å². The van der Waals surface area contributed by atoms with Crippen molar-refractivity contribution >= 4 is 57.5 Å². The number of carbonyl (C=O) groups is 1. The Morgan fingerprint density at radius 2 is 2.11 bits per heavy atom. The van der Waals surface area contributed by atoms with Gasteiger partial charge in [-0.2, -0.15) is 0 Å². The Hall–Kier alpha value is -1.08. The molecule has 0 aliphatic rings. The first-order chi connectivity index (χ1) is 7.88. The highest BCUT2D eigenvalue weighted by molar-refractivity contribution is 7.22. The number of thiazole rings is 1. The second kappa shape index (κ2) is 6.38. The van der Waals surface area contributed by atoms with Crippen molar-refractivity contribution in [2.45, 2.75) is 18.9 Å². The van der Waals surface area contributed by atoms with Crippen LogP contribution in [0.5, 0.6) is 0 Å². The average Bonchev–Trinajstić information content (AvgIpc) is 2.56. The fourth-order valence-electron chi connectivity index (χ4n) is 1.60. The number of fused-ring (bicyclic) bond motifs is 1. The molecule has 0 aliphatic carbocycles. The van der Waals surface area contributed by atoms with Crippen LogP contribution in [0, 0.1) is 0 Å². The molecule has 106 valence electrons. The Kier molecular flexibility index (Phi) is 6.02. The Morgan fingerprint density at radius 3 is 2.68 bits per heavy atom. The first-order valence-corrected chi connectivity index (χ1v) is 5.87. The van der Waals surface area contributed by atoms with Crippen LogP contribution in [0.15, 0.2) is 18.2 Å². The van der Waals surface area contributed by atoms with Crippen LogP contribution in [-0.4, -0.2) is 21.6 Å². The number of hydrogen-bond acceptors (Lipinski definition) is 5. The van der Waals surface area contributed by atoms with Crippen molar-refractivity contribution in [3.63, 3.8) is 0 Å². The molecule has 1 heterocycles. The predicted octanol–water partition coefficient (Wildman–Crippen LogP) is 2.07. The Balaban J connectivity index is 0.00000162. The van der Waals surface area contributed by atoms with Gasteiger partial charge in [0.1, 0.15) is 5.54 Å². The second-order valence-corrected chi connectivity index (χ2v) is 5.32. The molecule has 8 heteroatoms. The molecular formula is C11H15Cl2N3O2S. The summed E-state index contributed by atoms with van der Waals surface area (Å²) in [5, 5.41) is 9.47. The number of carboxylic acids is 1. The van der Waals surface area contributed by atoms with Gasteiger partial charge in [0.05, 0.1) is 10.2 Å². The maximum absolute atomic E-state index is 10.9. The molecule has 0 saturated carbocycles. The van der Waals surface area contributed by atoms with Crippen molar-refractivity contribution in [3.8, 4) is 0 Å². The van der Waals surface area contributed by atoms with Gasteiger partial charge in [0.2, 0.25) is 0 Å². The minimum atomic E-state index is -1.26. The van der Waals surface area contributed by atoms with E-state index in [9.17, 15) is 4.79 Å². The van der Waals surface area contributed by atoms with E-state index < -0.39 is 11.5 Å². The molecular weight excluding hydrogens is 309 g/mol. The lowest BCUT2D eigenvalue weighted by Crippen LogP contribution is -2.46. The first-order valence-electron chi connectivity index (χ1n) is 5.06. The van der Waals surface area contributed by atoms with Crippen LogP contribution in [0.1, 0.15) is 12.5 Å². The third-order valence-corrected chi connectivity index (χ3v) is 3.38. The standard InChI is InChI=1S/C11H13N3O2S.2ClH/c1-11(13,9(15)16)5-6-2-3-7-8(4-6)17-10(12)14-7;;/h2-4H,5,13H2,1H3,(H2,12,14)(H,15,16);2*1H/t11-;;/m1../s1. The summed E-state index contributed by atoms with van der Waals surface area (Å²) < 4.78 is 0.946. The molecule has 19 heavy (non-hydrogen) atoms. The smallest absolute Gasteiger partial charge is 0.323 e. The SMILES string of the molecule is C[C@@](N)(Cc1ccc2nc(N)sc2c1)C(=O)O.Cl.Cl. The number of hydrogen-bond donors (Lipinski definition) is 3. The van der Waals surface area contributed by atoms with Crippen molar-refractivity contribution in [1.29, 1.82) is 0 Å².